The van der Waals surface area contributed by atoms with Crippen LogP contribution < -0.4 is 32.1 Å². The van der Waals surface area contributed by atoms with Crippen LogP contribution in [-0.4, -0.2) is 6.85 Å². The zero-order valence-electron chi connectivity index (χ0n) is 28.9. The van der Waals surface area contributed by atoms with Crippen molar-refractivity contribution in [2.24, 2.45) is 0 Å². The maximum absolute atomic E-state index is 4.27. The van der Waals surface area contributed by atoms with E-state index in [1.165, 1.54) is 77.0 Å². The lowest BCUT2D eigenvalue weighted by Gasteiger charge is -2.31. The van der Waals surface area contributed by atoms with Gasteiger partial charge < -0.3 is 5.23 Å². The minimum Gasteiger partial charge on any atom is -0.420 e. The molecule has 5 aromatic rings. The van der Waals surface area contributed by atoms with Gasteiger partial charge in [-0.2, -0.15) is 0 Å². The van der Waals surface area contributed by atoms with Gasteiger partial charge >= 0.3 is 6.85 Å². The van der Waals surface area contributed by atoms with Crippen LogP contribution in [0.25, 0.3) is 0 Å². The third-order valence-corrected chi connectivity index (χ3v) is 11.5. The smallest absolute Gasteiger partial charge is 0.322 e. The maximum atomic E-state index is 4.27. The topological polar surface area (TPSA) is 12.0 Å². The van der Waals surface area contributed by atoms with E-state index in [2.05, 4.69) is 172 Å². The largest absolute Gasteiger partial charge is 0.420 e. The van der Waals surface area contributed by atoms with Crippen molar-refractivity contribution < 1.29 is 0 Å². The van der Waals surface area contributed by atoms with E-state index in [1.54, 1.807) is 0 Å². The molecular formula is C42H49BNP. The molecule has 1 nitrogen and oxygen atoms in total. The Bertz CT molecular complexity index is 1620. The molecule has 0 aliphatic rings. The first-order chi connectivity index (χ1) is 21.5. The van der Waals surface area contributed by atoms with Gasteiger partial charge in [-0.05, 0) is 111 Å². The van der Waals surface area contributed by atoms with Gasteiger partial charge in [-0.1, -0.05) is 146 Å². The third-order valence-electron chi connectivity index (χ3n) is 9.06. The summed E-state index contributed by atoms with van der Waals surface area (Å²) in [4.78, 5) is 0. The fourth-order valence-electron chi connectivity index (χ4n) is 7.21. The number of anilines is 1. The Hall–Kier alpha value is -3.61. The van der Waals surface area contributed by atoms with Gasteiger partial charge in [0.05, 0.1) is 0 Å². The Labute approximate surface area is 274 Å². The van der Waals surface area contributed by atoms with Gasteiger partial charge in [0.2, 0.25) is 0 Å². The summed E-state index contributed by atoms with van der Waals surface area (Å²) in [5, 5.41) is 8.46. The highest BCUT2D eigenvalue weighted by Gasteiger charge is 2.31. The van der Waals surface area contributed by atoms with Gasteiger partial charge in [0.1, 0.15) is 0 Å². The molecule has 0 aromatic heterocycles. The Kier molecular flexibility index (Phi) is 10.1. The monoisotopic (exact) mass is 609 g/mol. The second kappa shape index (κ2) is 13.8. The van der Waals surface area contributed by atoms with E-state index in [9.17, 15) is 0 Å². The summed E-state index contributed by atoms with van der Waals surface area (Å²) in [6.07, 6.45) is 0. The van der Waals surface area contributed by atoms with Gasteiger partial charge in [-0.3, -0.25) is 0 Å². The summed E-state index contributed by atoms with van der Waals surface area (Å²) in [6.45, 7) is 23.0. The molecule has 5 aromatic carbocycles. The van der Waals surface area contributed by atoms with Crippen LogP contribution in [0.4, 0.5) is 5.69 Å². The molecule has 0 radical (unpaired) electrons. The lowest BCUT2D eigenvalue weighted by molar-refractivity contribution is 0.841. The van der Waals surface area contributed by atoms with E-state index in [1.807, 2.05) is 0 Å². The minimum atomic E-state index is -0.704. The maximum Gasteiger partial charge on any atom is 0.322 e. The Morgan fingerprint density at radius 1 is 0.489 bits per heavy atom. The minimum absolute atomic E-state index is 0.0387. The van der Waals surface area contributed by atoms with Crippen LogP contribution in [0.2, 0.25) is 0 Å². The van der Waals surface area contributed by atoms with Crippen molar-refractivity contribution in [3.63, 3.8) is 0 Å². The first-order valence-corrected chi connectivity index (χ1v) is 17.8. The molecule has 0 aliphatic heterocycles. The van der Waals surface area contributed by atoms with Crippen LogP contribution in [0, 0.1) is 41.5 Å². The Morgan fingerprint density at radius 2 is 0.844 bits per heavy atom. The van der Waals surface area contributed by atoms with Crippen molar-refractivity contribution in [1.29, 1.82) is 0 Å². The first kappa shape index (κ1) is 32.8. The highest BCUT2D eigenvalue weighted by molar-refractivity contribution is 7.79. The molecule has 1 N–H and O–H groups in total. The number of hydrogen-bond acceptors (Lipinski definition) is 1. The fraction of sp³-hybridized carbons (Fsp3) is 0.286. The molecule has 0 atom stereocenters. The van der Waals surface area contributed by atoms with E-state index >= 15 is 0 Å². The van der Waals surface area contributed by atoms with Gasteiger partial charge in [-0.15, -0.1) is 0 Å². The summed E-state index contributed by atoms with van der Waals surface area (Å²) in [6, 6.07) is 36.6. The fourth-order valence-corrected chi connectivity index (χ4v) is 9.58. The summed E-state index contributed by atoms with van der Waals surface area (Å²) in [5.41, 5.74) is 14.9. The normalized spacial score (nSPS) is 11.5. The average molecular weight is 610 g/mol. The molecular weight excluding hydrogens is 560 g/mol. The third kappa shape index (κ3) is 6.98. The molecule has 0 fully saturated rings. The lowest BCUT2D eigenvalue weighted by Crippen LogP contribution is -2.53. The average Bonchev–Trinajstić information content (AvgIpc) is 2.97. The van der Waals surface area contributed by atoms with E-state index in [-0.39, 0.29) is 6.85 Å². The molecule has 0 amide bonds. The summed E-state index contributed by atoms with van der Waals surface area (Å²) < 4.78 is 0. The Balaban J connectivity index is 1.77. The van der Waals surface area contributed by atoms with E-state index < -0.39 is 7.92 Å². The molecule has 0 unspecified atom stereocenters. The molecule has 0 spiro atoms. The van der Waals surface area contributed by atoms with Gasteiger partial charge in [0.15, 0.2) is 0 Å². The first-order valence-electron chi connectivity index (χ1n) is 16.5. The van der Waals surface area contributed by atoms with Crippen molar-refractivity contribution in [2.75, 3.05) is 5.23 Å². The van der Waals surface area contributed by atoms with E-state index in [4.69, 9.17) is 0 Å². The van der Waals surface area contributed by atoms with E-state index in [0.29, 0.717) is 11.8 Å². The molecule has 3 heteroatoms. The zero-order valence-corrected chi connectivity index (χ0v) is 29.8. The van der Waals surface area contributed by atoms with Crippen LogP contribution in [0.15, 0.2) is 97.1 Å². The summed E-state index contributed by atoms with van der Waals surface area (Å²) >= 11 is 0. The van der Waals surface area contributed by atoms with Crippen molar-refractivity contribution in [1.82, 2.24) is 0 Å². The number of hydrogen-bond donors (Lipinski definition) is 1. The van der Waals surface area contributed by atoms with Gasteiger partial charge in [-0.25, -0.2) is 0 Å². The Morgan fingerprint density at radius 3 is 1.18 bits per heavy atom. The van der Waals surface area contributed by atoms with Crippen LogP contribution in [0.3, 0.4) is 0 Å². The number of benzene rings is 5. The molecule has 45 heavy (non-hydrogen) atoms. The lowest BCUT2D eigenvalue weighted by atomic mass is 9.46. The standard InChI is InChI=1S/C42H49BNP/c1-27(2)38-25-37(45(35-17-13-11-14-18-35)36-19-15-12-16-20-36)26-39(28(3)4)42(38)44-43(40-31(7)21-29(5)22-32(40)8)41-33(9)23-30(6)24-34(41)10/h11-28,44H,1-10H3. The van der Waals surface area contributed by atoms with Crippen LogP contribution in [0.1, 0.15) is 84.0 Å². The SMILES string of the molecule is Cc1cc(C)c(B(Nc2c(C(C)C)cc(P(c3ccccc3)c3ccccc3)cc2C(C)C)c2c(C)cc(C)cc2C)c(C)c1. The summed E-state index contributed by atoms with van der Waals surface area (Å²) in [5.74, 6) is 0.712. The van der Waals surface area contributed by atoms with Crippen molar-refractivity contribution in [2.45, 2.75) is 81.1 Å². The summed E-state index contributed by atoms with van der Waals surface area (Å²) in [7, 11) is -0.704. The quantitative estimate of drug-likeness (QED) is 0.130. The predicted molar refractivity (Wildman–Crippen MR) is 203 cm³/mol. The molecule has 0 saturated heterocycles. The molecule has 0 bridgehead atoms. The van der Waals surface area contributed by atoms with Crippen LogP contribution in [0.5, 0.6) is 0 Å². The van der Waals surface area contributed by atoms with Gasteiger partial charge in [0, 0.05) is 5.69 Å². The second-order valence-electron chi connectivity index (χ2n) is 13.5. The molecule has 0 aliphatic carbocycles. The van der Waals surface area contributed by atoms with Crippen LogP contribution in [-0.2, 0) is 0 Å². The molecule has 0 heterocycles. The molecule has 5 rings (SSSR count). The second-order valence-corrected chi connectivity index (χ2v) is 15.7. The van der Waals surface area contributed by atoms with Crippen LogP contribution >= 0.6 is 7.92 Å². The van der Waals surface area contributed by atoms with E-state index in [0.717, 1.165) is 0 Å². The predicted octanol–water partition coefficient (Wildman–Crippen LogP) is 8.76. The molecule has 0 saturated carbocycles. The zero-order chi connectivity index (χ0) is 32.4. The van der Waals surface area contributed by atoms with Crippen molar-refractivity contribution >= 4 is 47.3 Å². The highest BCUT2D eigenvalue weighted by Crippen LogP contribution is 2.39. The van der Waals surface area contributed by atoms with Gasteiger partial charge in [0.25, 0.3) is 0 Å². The highest BCUT2D eigenvalue weighted by atomic mass is 31.1. The molecule has 230 valence electrons. The number of rotatable bonds is 9. The number of nitrogens with one attached hydrogen (secondary N) is 1. The van der Waals surface area contributed by atoms with Crippen molar-refractivity contribution in [3.8, 4) is 0 Å². The number of aryl methyl sites for hydroxylation is 6. The van der Waals surface area contributed by atoms with Crippen molar-refractivity contribution in [3.05, 3.63) is 142 Å².